The molecular weight excluding hydrogens is 977 g/mol. The Morgan fingerprint density at radius 3 is 1.26 bits per heavy atom. The molecule has 412 valence electrons. The smallest absolute Gasteiger partial charge is 0.334 e. The Labute approximate surface area is 445 Å². The summed E-state index contributed by atoms with van der Waals surface area (Å²) in [4.78, 5) is 69.0. The number of rotatable bonds is 3. The molecule has 0 saturated carbocycles. The highest BCUT2D eigenvalue weighted by atomic mass is 16.7. The van der Waals surface area contributed by atoms with Crippen LogP contribution in [0.2, 0.25) is 0 Å². The second-order valence-electron chi connectivity index (χ2n) is 23.7. The fourth-order valence-electron chi connectivity index (χ4n) is 12.9. The van der Waals surface area contributed by atoms with Crippen LogP contribution in [0, 0.1) is 23.7 Å². The second-order valence-corrected chi connectivity index (χ2v) is 23.7. The van der Waals surface area contributed by atoms with E-state index in [9.17, 15) is 39.0 Å². The molecule has 0 radical (unpaired) electrons. The van der Waals surface area contributed by atoms with Gasteiger partial charge in [-0.25, -0.2) is 24.0 Å². The van der Waals surface area contributed by atoms with Crippen LogP contribution in [-0.2, 0) is 66.7 Å². The lowest BCUT2D eigenvalue weighted by atomic mass is 9.84. The van der Waals surface area contributed by atoms with Gasteiger partial charge in [0.2, 0.25) is 0 Å². The fourth-order valence-corrected chi connectivity index (χ4v) is 12.9. The number of carbonyl (C=O) groups is 6. The summed E-state index contributed by atoms with van der Waals surface area (Å²) in [7, 11) is 0. The number of allylic oxidation sites excluding steroid dienone is 6. The van der Waals surface area contributed by atoms with Crippen LogP contribution in [0.25, 0.3) is 0 Å². The molecule has 76 heavy (non-hydrogen) atoms. The van der Waals surface area contributed by atoms with Crippen molar-refractivity contribution in [1.29, 1.82) is 0 Å². The molecule has 12 aliphatic rings. The maximum Gasteiger partial charge on any atom is 0.334 e. The third kappa shape index (κ3) is 11.3. The van der Waals surface area contributed by atoms with Gasteiger partial charge in [-0.3, -0.25) is 4.79 Å². The highest BCUT2D eigenvalue weighted by Gasteiger charge is 2.65. The number of aliphatic hydroxyl groups excluding tert-OH is 1. The minimum Gasteiger partial charge on any atom is -0.478 e. The molecule has 8 fully saturated rings. The third-order valence-corrected chi connectivity index (χ3v) is 18.4. The number of fused-ring (bicyclic) bond motifs is 12. The topological polar surface area (TPSA) is 230 Å². The SMILES string of the molecule is C=C1C(=O)O[C@H]2[C@H]1CC/C(C(=O)O)=C\CC[C@@]1(C)O[C@@H]21.C=C1C(=O)O[C@H]2[C@H]1CC/C(C)=C/CC[C@@]1(C)O[C@@H]21.C=C1C(=O)O[C@H]2[C@H]1CC/C(C=O)=C\CC[C@@]1(C)O[C@@H]21.C=C1C(=O)O[C@H]2[C@H]1CC/C(CO)=C\CC[C@@]1(C)O[C@@H]21. The number of hydrogen-bond acceptors (Lipinski definition) is 15. The molecule has 0 aromatic carbocycles. The van der Waals surface area contributed by atoms with Gasteiger partial charge in [-0.2, -0.15) is 0 Å². The maximum atomic E-state index is 11.7. The number of aldehydes is 1. The van der Waals surface area contributed by atoms with Gasteiger partial charge in [0, 0.05) is 51.5 Å². The molecule has 16 atom stereocenters. The van der Waals surface area contributed by atoms with Crippen molar-refractivity contribution in [1.82, 2.24) is 0 Å². The summed E-state index contributed by atoms with van der Waals surface area (Å²) < 4.78 is 44.9. The van der Waals surface area contributed by atoms with Crippen molar-refractivity contribution in [3.8, 4) is 0 Å². The Hall–Kier alpha value is -5.26. The molecule has 2 N–H and O–H groups in total. The Bertz CT molecular complexity index is 2580. The van der Waals surface area contributed by atoms with Crippen molar-refractivity contribution in [2.45, 2.75) is 209 Å². The molecule has 4 aliphatic carbocycles. The lowest BCUT2D eigenvalue weighted by Gasteiger charge is -2.19. The zero-order chi connectivity index (χ0) is 54.6. The molecule has 16 nitrogen and oxygen atoms in total. The second kappa shape index (κ2) is 21.5. The molecular formula is C60H76O16. The van der Waals surface area contributed by atoms with Gasteiger partial charge in [-0.15, -0.1) is 0 Å². The zero-order valence-corrected chi connectivity index (χ0v) is 44.8. The van der Waals surface area contributed by atoms with Crippen LogP contribution >= 0.6 is 0 Å². The Balaban J connectivity index is 0.000000124. The molecule has 0 unspecified atom stereocenters. The van der Waals surface area contributed by atoms with Gasteiger partial charge in [0.05, 0.1) is 29.0 Å². The van der Waals surface area contributed by atoms with Gasteiger partial charge in [0.25, 0.3) is 0 Å². The number of aliphatic carboxylic acids is 1. The van der Waals surface area contributed by atoms with Crippen molar-refractivity contribution in [3.63, 3.8) is 0 Å². The van der Waals surface area contributed by atoms with E-state index in [-0.39, 0.29) is 125 Å². The molecule has 0 amide bonds. The highest BCUT2D eigenvalue weighted by Crippen LogP contribution is 2.53. The predicted molar refractivity (Wildman–Crippen MR) is 276 cm³/mol. The largest absolute Gasteiger partial charge is 0.478 e. The molecule has 16 heteroatoms. The molecule has 0 aromatic heterocycles. The van der Waals surface area contributed by atoms with E-state index in [1.807, 2.05) is 19.9 Å². The number of epoxide rings is 4. The average molecular weight is 1050 g/mol. The Morgan fingerprint density at radius 2 is 0.882 bits per heavy atom. The van der Waals surface area contributed by atoms with Gasteiger partial charge in [-0.1, -0.05) is 56.2 Å². The molecule has 0 spiro atoms. The van der Waals surface area contributed by atoms with Crippen LogP contribution in [0.4, 0.5) is 0 Å². The average Bonchev–Trinajstić information content (AvgIpc) is 4.36. The minimum atomic E-state index is -0.892. The summed E-state index contributed by atoms with van der Waals surface area (Å²) in [5, 5.41) is 18.5. The number of carboxylic acids is 1. The van der Waals surface area contributed by atoms with Crippen molar-refractivity contribution in [3.05, 3.63) is 95.2 Å². The first-order valence-electron chi connectivity index (χ1n) is 27.3. The van der Waals surface area contributed by atoms with E-state index in [1.165, 1.54) is 5.57 Å². The summed E-state index contributed by atoms with van der Waals surface area (Å²) in [6, 6.07) is 0. The molecule has 8 heterocycles. The third-order valence-electron chi connectivity index (χ3n) is 18.4. The van der Waals surface area contributed by atoms with Crippen molar-refractivity contribution in [2.75, 3.05) is 6.61 Å². The van der Waals surface area contributed by atoms with Crippen LogP contribution in [0.5, 0.6) is 0 Å². The van der Waals surface area contributed by atoms with E-state index >= 15 is 0 Å². The monoisotopic (exact) mass is 1050 g/mol. The summed E-state index contributed by atoms with van der Waals surface area (Å²) in [6.45, 7) is 25.8. The van der Waals surface area contributed by atoms with Gasteiger partial charge >= 0.3 is 29.8 Å². The van der Waals surface area contributed by atoms with E-state index in [4.69, 9.17) is 37.9 Å². The van der Waals surface area contributed by atoms with Gasteiger partial charge in [0.15, 0.2) is 0 Å². The van der Waals surface area contributed by atoms with Crippen molar-refractivity contribution < 1.29 is 76.9 Å². The number of hydrogen-bond donors (Lipinski definition) is 2. The van der Waals surface area contributed by atoms with E-state index in [0.717, 1.165) is 94.5 Å². The lowest BCUT2D eigenvalue weighted by molar-refractivity contribution is -0.140. The van der Waals surface area contributed by atoms with Crippen molar-refractivity contribution >= 4 is 36.1 Å². The van der Waals surface area contributed by atoms with Crippen LogP contribution in [-0.4, -0.2) is 124 Å². The summed E-state index contributed by atoms with van der Waals surface area (Å²) in [5.41, 5.74) is 4.94. The first-order valence-corrected chi connectivity index (χ1v) is 27.3. The zero-order valence-electron chi connectivity index (χ0n) is 44.8. The van der Waals surface area contributed by atoms with Crippen LogP contribution in [0.1, 0.15) is 137 Å². The van der Waals surface area contributed by atoms with Crippen molar-refractivity contribution in [2.24, 2.45) is 23.7 Å². The maximum absolute atomic E-state index is 11.7. The predicted octanol–water partition coefficient (Wildman–Crippen LogP) is 8.26. The first kappa shape index (κ1) is 55.5. The minimum absolute atomic E-state index is 0.00442. The van der Waals surface area contributed by atoms with Crippen LogP contribution in [0.15, 0.2) is 95.2 Å². The summed E-state index contributed by atoms with van der Waals surface area (Å²) >= 11 is 0. The number of ether oxygens (including phenoxy) is 8. The summed E-state index contributed by atoms with van der Waals surface area (Å²) in [6.07, 6.45) is 21.0. The normalized spacial score (nSPS) is 44.6. The molecule has 12 rings (SSSR count). The quantitative estimate of drug-likeness (QED) is 0.0677. The number of carbonyl (C=O) groups excluding carboxylic acids is 5. The fraction of sp³-hybridized carbons (Fsp3) is 0.633. The van der Waals surface area contributed by atoms with E-state index in [2.05, 4.69) is 59.2 Å². The lowest BCUT2D eigenvalue weighted by Crippen LogP contribution is -2.29. The van der Waals surface area contributed by atoms with Gasteiger partial charge in [0.1, 0.15) is 55.1 Å². The number of esters is 4. The molecule has 0 bridgehead atoms. The first-order chi connectivity index (χ1) is 36.0. The van der Waals surface area contributed by atoms with E-state index in [0.29, 0.717) is 53.5 Å². The highest BCUT2D eigenvalue weighted by molar-refractivity contribution is 5.93. The number of carboxylic acid groups (broad SMARTS) is 1. The van der Waals surface area contributed by atoms with Gasteiger partial charge in [-0.05, 0) is 148 Å². The standard InChI is InChI=1S/C15H18O5.C15H20O4.C15H18O4.C15H20O3/c1-8-10-6-5-9(13(16)17)4-3-7-15(2)12(20-15)11(10)19-14(8)18;2*1-9-11-6-5-10(8-16)4-3-7-15(2)13(19-15)12(11)18-14(9)17;1-9-5-4-8-15(3)13(18-15)12-11(7-6-9)10(2)14(16)17-12/h4,10-12H,1,3,5-7H2,2H3,(H,16,17);4,11-13,16H,1,3,5-8H2,2H3;4,8,11-13H,1,3,5-7H2,2H3;5,11-13H,2,4,6-8H2,1,3H3/b9-4+;2*10-4+;9-5+/t10-,11-,12-,15+;3*11-,12-,13-,15+/m0000/s1. The van der Waals surface area contributed by atoms with Crippen LogP contribution < -0.4 is 0 Å². The molecule has 8 aliphatic heterocycles. The molecule has 8 saturated heterocycles. The molecule has 0 aromatic rings. The van der Waals surface area contributed by atoms with Crippen LogP contribution in [0.3, 0.4) is 0 Å². The summed E-state index contributed by atoms with van der Waals surface area (Å²) in [5.74, 6) is -2.13. The van der Waals surface area contributed by atoms with E-state index < -0.39 is 5.97 Å². The number of aliphatic hydroxyl groups is 1. The van der Waals surface area contributed by atoms with Gasteiger partial charge < -0.3 is 48.1 Å². The Morgan fingerprint density at radius 1 is 0.539 bits per heavy atom. The van der Waals surface area contributed by atoms with E-state index in [1.54, 1.807) is 6.08 Å². The Kier molecular flexibility index (Phi) is 15.7.